The van der Waals surface area contributed by atoms with Crippen LogP contribution in [-0.2, 0) is 14.6 Å². The molecule has 0 radical (unpaired) electrons. The Balaban J connectivity index is 1.77. The summed E-state index contributed by atoms with van der Waals surface area (Å²) in [4.78, 5) is 12.1. The number of anilines is 1. The molecule has 0 spiro atoms. The van der Waals surface area contributed by atoms with Gasteiger partial charge in [0.15, 0.2) is 9.84 Å². The van der Waals surface area contributed by atoms with Crippen molar-refractivity contribution in [1.29, 1.82) is 0 Å². The molecule has 0 fully saturated rings. The highest BCUT2D eigenvalue weighted by Crippen LogP contribution is 2.17. The van der Waals surface area contributed by atoms with Crippen molar-refractivity contribution >= 4 is 21.4 Å². The van der Waals surface area contributed by atoms with Gasteiger partial charge in [-0.15, -0.1) is 0 Å². The van der Waals surface area contributed by atoms with Gasteiger partial charge in [-0.05, 0) is 55.3 Å². The fourth-order valence-electron chi connectivity index (χ4n) is 2.15. The van der Waals surface area contributed by atoms with Gasteiger partial charge in [0.25, 0.3) is 0 Å². The van der Waals surface area contributed by atoms with E-state index in [1.807, 2.05) is 6.92 Å². The second-order valence-corrected chi connectivity index (χ2v) is 7.74. The number of rotatable bonds is 7. The minimum Gasteiger partial charge on any atom is -0.494 e. The molecule has 2 aromatic carbocycles. The first-order valence-corrected chi connectivity index (χ1v) is 9.64. The van der Waals surface area contributed by atoms with Crippen molar-refractivity contribution in [3.63, 3.8) is 0 Å². The van der Waals surface area contributed by atoms with Crippen molar-refractivity contribution in [3.8, 4) is 5.75 Å². The molecular formula is C18H20FNO4S. The van der Waals surface area contributed by atoms with Gasteiger partial charge in [-0.2, -0.15) is 0 Å². The lowest BCUT2D eigenvalue weighted by Gasteiger charge is -2.09. The second kappa shape index (κ2) is 8.11. The molecule has 0 bridgehead atoms. The van der Waals surface area contributed by atoms with E-state index in [1.165, 1.54) is 18.2 Å². The third kappa shape index (κ3) is 5.86. The highest BCUT2D eigenvalue weighted by atomic mass is 32.2. The first-order chi connectivity index (χ1) is 11.8. The van der Waals surface area contributed by atoms with E-state index in [9.17, 15) is 17.6 Å². The van der Waals surface area contributed by atoms with Crippen molar-refractivity contribution in [2.45, 2.75) is 24.7 Å². The van der Waals surface area contributed by atoms with Gasteiger partial charge in [0, 0.05) is 12.7 Å². The van der Waals surface area contributed by atoms with Crippen molar-refractivity contribution < 1.29 is 22.3 Å². The number of hydrogen-bond donors (Lipinski definition) is 1. The molecule has 0 aliphatic heterocycles. The Morgan fingerprint density at radius 3 is 2.48 bits per heavy atom. The topological polar surface area (TPSA) is 72.5 Å². The van der Waals surface area contributed by atoms with E-state index >= 15 is 0 Å². The Labute approximate surface area is 146 Å². The van der Waals surface area contributed by atoms with Crippen LogP contribution in [0.1, 0.15) is 18.4 Å². The lowest BCUT2D eigenvalue weighted by atomic mass is 10.2. The van der Waals surface area contributed by atoms with Gasteiger partial charge in [-0.25, -0.2) is 12.8 Å². The number of carbonyl (C=O) groups excluding carboxylic acids is 1. The van der Waals surface area contributed by atoms with Crippen LogP contribution in [0.25, 0.3) is 0 Å². The van der Waals surface area contributed by atoms with E-state index in [2.05, 4.69) is 5.32 Å². The summed E-state index contributed by atoms with van der Waals surface area (Å²) in [5.41, 5.74) is 1.03. The Hall–Kier alpha value is -2.41. The Morgan fingerprint density at radius 1 is 1.16 bits per heavy atom. The Bertz CT molecular complexity index is 848. The summed E-state index contributed by atoms with van der Waals surface area (Å²) in [6.07, 6.45) is 1.78. The third-order valence-corrected chi connectivity index (χ3v) is 4.59. The van der Waals surface area contributed by atoms with Crippen LogP contribution in [0.5, 0.6) is 5.75 Å². The molecule has 0 unspecified atom stereocenters. The zero-order valence-electron chi connectivity index (χ0n) is 14.1. The normalized spacial score (nSPS) is 11.2. The molecule has 2 rings (SSSR count). The van der Waals surface area contributed by atoms with Crippen LogP contribution in [0.4, 0.5) is 10.1 Å². The maximum atomic E-state index is 13.6. The van der Waals surface area contributed by atoms with Crippen LogP contribution in [0.3, 0.4) is 0 Å². The van der Waals surface area contributed by atoms with Crippen LogP contribution < -0.4 is 10.1 Å². The molecule has 0 aromatic heterocycles. The average molecular weight is 365 g/mol. The average Bonchev–Trinajstić information content (AvgIpc) is 2.55. The van der Waals surface area contributed by atoms with E-state index < -0.39 is 15.7 Å². The first kappa shape index (κ1) is 18.9. The molecule has 25 heavy (non-hydrogen) atoms. The van der Waals surface area contributed by atoms with Crippen LogP contribution in [0.15, 0.2) is 47.4 Å². The van der Waals surface area contributed by atoms with Crippen molar-refractivity contribution in [2.75, 3.05) is 18.2 Å². The lowest BCUT2D eigenvalue weighted by Crippen LogP contribution is -2.14. The monoisotopic (exact) mass is 365 g/mol. The number of halogens is 1. The van der Waals surface area contributed by atoms with Crippen molar-refractivity contribution in [2.24, 2.45) is 0 Å². The fourth-order valence-corrected chi connectivity index (χ4v) is 2.78. The molecule has 7 heteroatoms. The number of carbonyl (C=O) groups is 1. The maximum absolute atomic E-state index is 13.6. The number of sulfone groups is 1. The molecule has 2 aromatic rings. The molecule has 0 aliphatic rings. The van der Waals surface area contributed by atoms with Gasteiger partial charge >= 0.3 is 0 Å². The van der Waals surface area contributed by atoms with Gasteiger partial charge in [0.1, 0.15) is 11.6 Å². The maximum Gasteiger partial charge on any atom is 0.224 e. The Kier molecular flexibility index (Phi) is 6.14. The number of aryl methyl sites for hydroxylation is 1. The second-order valence-electron chi connectivity index (χ2n) is 5.73. The number of benzene rings is 2. The van der Waals surface area contributed by atoms with Crippen molar-refractivity contribution in [3.05, 3.63) is 53.8 Å². The molecule has 134 valence electrons. The zero-order valence-corrected chi connectivity index (χ0v) is 14.9. The molecular weight excluding hydrogens is 345 g/mol. The summed E-state index contributed by atoms with van der Waals surface area (Å²) in [6, 6.07) is 10.6. The number of ether oxygens (including phenoxy) is 1. The van der Waals surface area contributed by atoms with Gasteiger partial charge in [-0.1, -0.05) is 6.07 Å². The highest BCUT2D eigenvalue weighted by Gasteiger charge is 2.08. The summed E-state index contributed by atoms with van der Waals surface area (Å²) in [6.45, 7) is 2.11. The molecule has 0 aliphatic carbocycles. The van der Waals surface area contributed by atoms with E-state index in [0.717, 1.165) is 11.8 Å². The predicted octanol–water partition coefficient (Wildman–Crippen LogP) is 3.34. The van der Waals surface area contributed by atoms with E-state index in [-0.39, 0.29) is 22.9 Å². The summed E-state index contributed by atoms with van der Waals surface area (Å²) in [7, 11) is -3.23. The molecule has 0 saturated carbocycles. The summed E-state index contributed by atoms with van der Waals surface area (Å²) in [5, 5.41) is 2.54. The zero-order chi connectivity index (χ0) is 18.4. The van der Waals surface area contributed by atoms with Gasteiger partial charge in [-0.3, -0.25) is 4.79 Å². The lowest BCUT2D eigenvalue weighted by molar-refractivity contribution is -0.116. The molecule has 0 atom stereocenters. The molecule has 0 heterocycles. The molecule has 0 saturated heterocycles. The van der Waals surface area contributed by atoms with Gasteiger partial charge in [0.2, 0.25) is 5.91 Å². The van der Waals surface area contributed by atoms with Crippen LogP contribution in [0.2, 0.25) is 0 Å². The third-order valence-electron chi connectivity index (χ3n) is 3.46. The van der Waals surface area contributed by atoms with E-state index in [4.69, 9.17) is 4.74 Å². The van der Waals surface area contributed by atoms with Crippen LogP contribution >= 0.6 is 0 Å². The molecule has 1 amide bonds. The fraction of sp³-hybridized carbons (Fsp3) is 0.278. The SMILES string of the molecule is Cc1ccc(F)c(NC(=O)CCCOc2ccc(S(C)(=O)=O)cc2)c1. The smallest absolute Gasteiger partial charge is 0.224 e. The summed E-state index contributed by atoms with van der Waals surface area (Å²) >= 11 is 0. The standard InChI is InChI=1S/C18H20FNO4S/c1-13-5-10-16(19)17(12-13)20-18(21)4-3-11-24-14-6-8-15(9-7-14)25(2,22)23/h5-10,12H,3-4,11H2,1-2H3,(H,20,21). The first-order valence-electron chi connectivity index (χ1n) is 7.74. The van der Waals surface area contributed by atoms with Crippen LogP contribution in [0, 0.1) is 12.7 Å². The van der Waals surface area contributed by atoms with E-state index in [0.29, 0.717) is 18.8 Å². The Morgan fingerprint density at radius 2 is 1.84 bits per heavy atom. The minimum absolute atomic E-state index is 0.169. The highest BCUT2D eigenvalue weighted by molar-refractivity contribution is 7.90. The van der Waals surface area contributed by atoms with E-state index in [1.54, 1.807) is 24.3 Å². The predicted molar refractivity (Wildman–Crippen MR) is 94.0 cm³/mol. The number of hydrogen-bond acceptors (Lipinski definition) is 4. The largest absolute Gasteiger partial charge is 0.494 e. The number of nitrogens with one attached hydrogen (secondary N) is 1. The molecule has 1 N–H and O–H groups in total. The quantitative estimate of drug-likeness (QED) is 0.764. The number of amides is 1. The van der Waals surface area contributed by atoms with Crippen molar-refractivity contribution in [1.82, 2.24) is 0 Å². The van der Waals surface area contributed by atoms with Gasteiger partial charge in [0.05, 0.1) is 17.2 Å². The minimum atomic E-state index is -3.23. The van der Waals surface area contributed by atoms with Gasteiger partial charge < -0.3 is 10.1 Å². The summed E-state index contributed by atoms with van der Waals surface area (Å²) < 4.78 is 41.8. The summed E-state index contributed by atoms with van der Waals surface area (Å²) in [5.74, 6) is -0.237. The van der Waals surface area contributed by atoms with Crippen LogP contribution in [-0.4, -0.2) is 27.2 Å². The molecule has 5 nitrogen and oxygen atoms in total.